The minimum absolute atomic E-state index is 0.187. The summed E-state index contributed by atoms with van der Waals surface area (Å²) in [5, 5.41) is 3.64. The van der Waals surface area contributed by atoms with Crippen molar-refractivity contribution in [3.05, 3.63) is 77.8 Å². The molecule has 2 aromatic heterocycles. The van der Waals surface area contributed by atoms with Gasteiger partial charge < -0.3 is 9.88 Å². The van der Waals surface area contributed by atoms with Crippen LogP contribution in [0.15, 0.2) is 67.0 Å². The Hall–Kier alpha value is -2.64. The number of benzene rings is 2. The molecule has 0 saturated heterocycles. The van der Waals surface area contributed by atoms with E-state index in [2.05, 4.69) is 10.3 Å². The number of thiazole rings is 1. The number of carbonyl (C=O) groups is 1. The highest BCUT2D eigenvalue weighted by Crippen LogP contribution is 2.25. The summed E-state index contributed by atoms with van der Waals surface area (Å²) in [6, 6.07) is 16.4. The number of anilines is 1. The predicted molar refractivity (Wildman–Crippen MR) is 110 cm³/mol. The second-order valence-electron chi connectivity index (χ2n) is 5.87. The van der Waals surface area contributed by atoms with E-state index in [1.807, 2.05) is 53.4 Å². The van der Waals surface area contributed by atoms with E-state index in [4.69, 9.17) is 0 Å². The first-order chi connectivity index (χ1) is 13.2. The van der Waals surface area contributed by atoms with Crippen LogP contribution in [0.4, 0.5) is 10.1 Å². The first kappa shape index (κ1) is 17.8. The first-order valence-corrected chi connectivity index (χ1v) is 10.3. The SMILES string of the molecule is O=C(CSCc1nc2ccccc2s1)Nc1cc(-n2cccc2)ccc1F. The number of halogens is 1. The highest BCUT2D eigenvalue weighted by atomic mass is 32.2. The Morgan fingerprint density at radius 1 is 1.15 bits per heavy atom. The van der Waals surface area contributed by atoms with E-state index >= 15 is 0 Å². The summed E-state index contributed by atoms with van der Waals surface area (Å²) >= 11 is 3.09. The molecule has 7 heteroatoms. The van der Waals surface area contributed by atoms with Gasteiger partial charge in [-0.25, -0.2) is 9.37 Å². The van der Waals surface area contributed by atoms with Crippen molar-refractivity contribution in [2.75, 3.05) is 11.1 Å². The monoisotopic (exact) mass is 397 g/mol. The van der Waals surface area contributed by atoms with Crippen molar-refractivity contribution in [3.63, 3.8) is 0 Å². The van der Waals surface area contributed by atoms with Gasteiger partial charge in [-0.3, -0.25) is 4.79 Å². The molecule has 1 N–H and O–H groups in total. The Morgan fingerprint density at radius 2 is 1.96 bits per heavy atom. The molecule has 136 valence electrons. The van der Waals surface area contributed by atoms with Crippen LogP contribution in [-0.4, -0.2) is 21.2 Å². The zero-order valence-electron chi connectivity index (χ0n) is 14.3. The maximum absolute atomic E-state index is 14.0. The second kappa shape index (κ2) is 7.94. The van der Waals surface area contributed by atoms with Crippen molar-refractivity contribution < 1.29 is 9.18 Å². The third-order valence-corrected chi connectivity index (χ3v) is 6.09. The molecule has 2 heterocycles. The molecule has 4 aromatic rings. The van der Waals surface area contributed by atoms with Crippen molar-refractivity contribution in [1.29, 1.82) is 0 Å². The minimum atomic E-state index is -0.449. The fourth-order valence-electron chi connectivity index (χ4n) is 2.68. The van der Waals surface area contributed by atoms with E-state index in [0.29, 0.717) is 5.75 Å². The average Bonchev–Trinajstić information content (AvgIpc) is 3.32. The zero-order chi connectivity index (χ0) is 18.6. The van der Waals surface area contributed by atoms with Gasteiger partial charge in [-0.1, -0.05) is 12.1 Å². The lowest BCUT2D eigenvalue weighted by Crippen LogP contribution is -2.15. The van der Waals surface area contributed by atoms with E-state index in [0.717, 1.165) is 20.9 Å². The molecule has 0 radical (unpaired) electrons. The number of amides is 1. The van der Waals surface area contributed by atoms with Crippen molar-refractivity contribution in [2.45, 2.75) is 5.75 Å². The van der Waals surface area contributed by atoms with Gasteiger partial charge in [0.05, 0.1) is 21.7 Å². The van der Waals surface area contributed by atoms with E-state index in [-0.39, 0.29) is 17.3 Å². The standard InChI is InChI=1S/C20H16FN3OS2/c21-15-8-7-14(24-9-3-4-10-24)11-17(15)22-19(25)12-26-13-20-23-16-5-1-2-6-18(16)27-20/h1-11H,12-13H2,(H,22,25). The lowest BCUT2D eigenvalue weighted by Gasteiger charge is -2.09. The van der Waals surface area contributed by atoms with E-state index in [1.54, 1.807) is 23.5 Å². The van der Waals surface area contributed by atoms with Crippen LogP contribution in [-0.2, 0) is 10.5 Å². The number of nitrogens with zero attached hydrogens (tertiary/aromatic N) is 2. The molecule has 0 atom stereocenters. The van der Waals surface area contributed by atoms with Crippen molar-refractivity contribution >= 4 is 44.9 Å². The number of hydrogen-bond donors (Lipinski definition) is 1. The van der Waals surface area contributed by atoms with Crippen LogP contribution in [0.25, 0.3) is 15.9 Å². The van der Waals surface area contributed by atoms with Crippen LogP contribution in [0.3, 0.4) is 0 Å². The normalized spacial score (nSPS) is 11.0. The zero-order valence-corrected chi connectivity index (χ0v) is 15.9. The van der Waals surface area contributed by atoms with Crippen LogP contribution in [0.1, 0.15) is 5.01 Å². The lowest BCUT2D eigenvalue weighted by atomic mass is 10.2. The maximum Gasteiger partial charge on any atom is 0.234 e. The minimum Gasteiger partial charge on any atom is -0.324 e. The first-order valence-electron chi connectivity index (χ1n) is 8.34. The maximum atomic E-state index is 14.0. The number of rotatable bonds is 6. The molecule has 2 aromatic carbocycles. The van der Waals surface area contributed by atoms with Crippen LogP contribution in [0.5, 0.6) is 0 Å². The van der Waals surface area contributed by atoms with Gasteiger partial charge in [0, 0.05) is 23.8 Å². The Labute approximate surface area is 164 Å². The number of para-hydroxylation sites is 1. The topological polar surface area (TPSA) is 46.9 Å². The number of aromatic nitrogens is 2. The average molecular weight is 398 g/mol. The predicted octanol–water partition coefficient (Wildman–Crippen LogP) is 5.10. The molecule has 0 aliphatic rings. The van der Waals surface area contributed by atoms with Gasteiger partial charge in [0.1, 0.15) is 10.8 Å². The van der Waals surface area contributed by atoms with E-state index in [9.17, 15) is 9.18 Å². The van der Waals surface area contributed by atoms with Gasteiger partial charge in [-0.05, 0) is 42.5 Å². The lowest BCUT2D eigenvalue weighted by molar-refractivity contribution is -0.113. The molecule has 0 spiro atoms. The summed E-state index contributed by atoms with van der Waals surface area (Å²) in [5.74, 6) is 0.210. The van der Waals surface area contributed by atoms with Gasteiger partial charge in [-0.15, -0.1) is 23.1 Å². The third-order valence-electron chi connectivity index (χ3n) is 3.92. The van der Waals surface area contributed by atoms with Crippen LogP contribution in [0, 0.1) is 5.82 Å². The molecule has 27 heavy (non-hydrogen) atoms. The molecule has 0 aliphatic heterocycles. The summed E-state index contributed by atoms with van der Waals surface area (Å²) in [6.45, 7) is 0. The summed E-state index contributed by atoms with van der Waals surface area (Å²) in [5.41, 5.74) is 1.96. The fourth-order valence-corrected chi connectivity index (χ4v) is 4.52. The van der Waals surface area contributed by atoms with Gasteiger partial charge in [0.25, 0.3) is 0 Å². The number of nitrogens with one attached hydrogen (secondary N) is 1. The fraction of sp³-hybridized carbons (Fsp3) is 0.100. The van der Waals surface area contributed by atoms with Gasteiger partial charge in [0.15, 0.2) is 0 Å². The summed E-state index contributed by atoms with van der Waals surface area (Å²) < 4.78 is 17.0. The summed E-state index contributed by atoms with van der Waals surface area (Å²) in [6.07, 6.45) is 3.74. The van der Waals surface area contributed by atoms with Crippen LogP contribution < -0.4 is 5.32 Å². The number of hydrogen-bond acceptors (Lipinski definition) is 4. The number of fused-ring (bicyclic) bond motifs is 1. The second-order valence-corrected chi connectivity index (χ2v) is 7.97. The molecule has 4 nitrogen and oxygen atoms in total. The molecule has 0 aliphatic carbocycles. The molecular formula is C20H16FN3OS2. The number of carbonyl (C=O) groups excluding carboxylic acids is 1. The van der Waals surface area contributed by atoms with Gasteiger partial charge >= 0.3 is 0 Å². The highest BCUT2D eigenvalue weighted by Gasteiger charge is 2.10. The van der Waals surface area contributed by atoms with E-state index < -0.39 is 5.82 Å². The molecular weight excluding hydrogens is 381 g/mol. The Bertz CT molecular complexity index is 1040. The van der Waals surface area contributed by atoms with Crippen molar-refractivity contribution in [2.24, 2.45) is 0 Å². The van der Waals surface area contributed by atoms with E-state index in [1.165, 1.54) is 17.8 Å². The van der Waals surface area contributed by atoms with Crippen LogP contribution >= 0.6 is 23.1 Å². The van der Waals surface area contributed by atoms with Crippen LogP contribution in [0.2, 0.25) is 0 Å². The quantitative estimate of drug-likeness (QED) is 0.492. The summed E-state index contributed by atoms with van der Waals surface area (Å²) in [7, 11) is 0. The number of thioether (sulfide) groups is 1. The summed E-state index contributed by atoms with van der Waals surface area (Å²) in [4.78, 5) is 16.8. The molecule has 1 amide bonds. The molecule has 0 bridgehead atoms. The molecule has 4 rings (SSSR count). The Kier molecular flexibility index (Phi) is 5.22. The van der Waals surface area contributed by atoms with Gasteiger partial charge in [0.2, 0.25) is 5.91 Å². The smallest absolute Gasteiger partial charge is 0.234 e. The van der Waals surface area contributed by atoms with Crippen molar-refractivity contribution in [3.8, 4) is 5.69 Å². The molecule has 0 saturated carbocycles. The molecule has 0 fully saturated rings. The Morgan fingerprint density at radius 3 is 2.78 bits per heavy atom. The Balaban J connectivity index is 1.36. The molecule has 0 unspecified atom stereocenters. The third kappa shape index (κ3) is 4.20. The highest BCUT2D eigenvalue weighted by molar-refractivity contribution is 7.99. The van der Waals surface area contributed by atoms with Crippen molar-refractivity contribution in [1.82, 2.24) is 9.55 Å². The van der Waals surface area contributed by atoms with Gasteiger partial charge in [-0.2, -0.15) is 0 Å². The largest absolute Gasteiger partial charge is 0.324 e.